The summed E-state index contributed by atoms with van der Waals surface area (Å²) in [7, 11) is 0. The predicted molar refractivity (Wildman–Crippen MR) is 64.6 cm³/mol. The zero-order valence-corrected chi connectivity index (χ0v) is 9.70. The summed E-state index contributed by atoms with van der Waals surface area (Å²) in [4.78, 5) is 4.61. The monoisotopic (exact) mass is 215 g/mol. The Morgan fingerprint density at radius 2 is 2.00 bits per heavy atom. The third-order valence-corrected chi connectivity index (χ3v) is 3.51. The number of hydrogen-bond donors (Lipinski definition) is 0. The van der Waals surface area contributed by atoms with Gasteiger partial charge < -0.3 is 4.42 Å². The van der Waals surface area contributed by atoms with E-state index in [2.05, 4.69) is 30.1 Å². The van der Waals surface area contributed by atoms with Crippen molar-refractivity contribution >= 4 is 11.1 Å². The molecule has 1 fully saturated rings. The first-order valence-corrected chi connectivity index (χ1v) is 6.20. The molecular weight excluding hydrogens is 198 g/mol. The first kappa shape index (κ1) is 9.88. The Labute approximate surface area is 95.7 Å². The second kappa shape index (κ2) is 3.93. The summed E-state index contributed by atoms with van der Waals surface area (Å²) in [6.07, 6.45) is 6.50. The number of aryl methyl sites for hydroxylation is 1. The van der Waals surface area contributed by atoms with Crippen molar-refractivity contribution in [3.63, 3.8) is 0 Å². The van der Waals surface area contributed by atoms with E-state index in [0.29, 0.717) is 5.92 Å². The Balaban J connectivity index is 1.97. The fourth-order valence-corrected chi connectivity index (χ4v) is 2.57. The molecule has 0 atom stereocenters. The highest BCUT2D eigenvalue weighted by Gasteiger charge is 2.20. The molecule has 0 saturated heterocycles. The van der Waals surface area contributed by atoms with Gasteiger partial charge in [0.05, 0.1) is 0 Å². The van der Waals surface area contributed by atoms with Gasteiger partial charge in [0.25, 0.3) is 0 Å². The van der Waals surface area contributed by atoms with Crippen molar-refractivity contribution in [3.05, 3.63) is 29.7 Å². The third-order valence-electron chi connectivity index (χ3n) is 3.51. The van der Waals surface area contributed by atoms with E-state index in [4.69, 9.17) is 4.42 Å². The van der Waals surface area contributed by atoms with Crippen molar-refractivity contribution < 1.29 is 4.42 Å². The van der Waals surface area contributed by atoms with E-state index in [-0.39, 0.29) is 0 Å². The van der Waals surface area contributed by atoms with Crippen LogP contribution in [0.4, 0.5) is 0 Å². The zero-order valence-electron chi connectivity index (χ0n) is 9.70. The van der Waals surface area contributed by atoms with Gasteiger partial charge in [-0.3, -0.25) is 0 Å². The Morgan fingerprint density at radius 1 is 1.19 bits per heavy atom. The maximum atomic E-state index is 5.88. The largest absolute Gasteiger partial charge is 0.440 e. The number of rotatable bonds is 1. The Bertz CT molecular complexity index is 494. The summed E-state index contributed by atoms with van der Waals surface area (Å²) < 4.78 is 5.88. The molecule has 1 aromatic heterocycles. The normalized spacial score (nSPS) is 18.1. The average molecular weight is 215 g/mol. The van der Waals surface area contributed by atoms with Gasteiger partial charge >= 0.3 is 0 Å². The Morgan fingerprint density at radius 3 is 2.81 bits per heavy atom. The predicted octanol–water partition coefficient (Wildman–Crippen LogP) is 4.18. The summed E-state index contributed by atoms with van der Waals surface area (Å²) in [5.74, 6) is 1.52. The molecule has 0 spiro atoms. The minimum atomic E-state index is 0.557. The molecule has 0 bridgehead atoms. The van der Waals surface area contributed by atoms with Gasteiger partial charge in [-0.1, -0.05) is 25.3 Å². The minimum Gasteiger partial charge on any atom is -0.440 e. The molecule has 16 heavy (non-hydrogen) atoms. The lowest BCUT2D eigenvalue weighted by Gasteiger charge is -2.17. The summed E-state index contributed by atoms with van der Waals surface area (Å²) >= 11 is 0. The smallest absolute Gasteiger partial charge is 0.198 e. The van der Waals surface area contributed by atoms with Crippen molar-refractivity contribution in [1.82, 2.24) is 4.98 Å². The molecule has 2 aromatic rings. The fraction of sp³-hybridized carbons (Fsp3) is 0.500. The number of aromatic nitrogens is 1. The molecule has 1 saturated carbocycles. The molecule has 1 aromatic carbocycles. The van der Waals surface area contributed by atoms with Crippen LogP contribution in [0.5, 0.6) is 0 Å². The van der Waals surface area contributed by atoms with Crippen molar-refractivity contribution in [3.8, 4) is 0 Å². The van der Waals surface area contributed by atoms with Crippen LogP contribution in [-0.2, 0) is 0 Å². The van der Waals surface area contributed by atoms with Gasteiger partial charge in [-0.25, -0.2) is 4.98 Å². The van der Waals surface area contributed by atoms with Gasteiger partial charge in [0.15, 0.2) is 11.5 Å². The molecular formula is C14H17NO. The van der Waals surface area contributed by atoms with E-state index < -0.39 is 0 Å². The topological polar surface area (TPSA) is 26.0 Å². The Hall–Kier alpha value is -1.31. The fourth-order valence-electron chi connectivity index (χ4n) is 2.57. The summed E-state index contributed by atoms with van der Waals surface area (Å²) in [5, 5.41) is 0. The van der Waals surface area contributed by atoms with Gasteiger partial charge in [-0.15, -0.1) is 0 Å². The molecule has 0 aliphatic heterocycles. The van der Waals surface area contributed by atoms with Crippen LogP contribution in [-0.4, -0.2) is 4.98 Å². The van der Waals surface area contributed by atoms with E-state index in [9.17, 15) is 0 Å². The van der Waals surface area contributed by atoms with Gasteiger partial charge in [-0.2, -0.15) is 0 Å². The van der Waals surface area contributed by atoms with Crippen LogP contribution in [0.2, 0.25) is 0 Å². The van der Waals surface area contributed by atoms with Crippen molar-refractivity contribution in [2.75, 3.05) is 0 Å². The second-order valence-electron chi connectivity index (χ2n) is 4.86. The van der Waals surface area contributed by atoms with Crippen LogP contribution < -0.4 is 0 Å². The van der Waals surface area contributed by atoms with Gasteiger partial charge in [-0.05, 0) is 37.5 Å². The van der Waals surface area contributed by atoms with Crippen LogP contribution in [0.25, 0.3) is 11.1 Å². The molecule has 0 unspecified atom stereocenters. The molecule has 2 heteroatoms. The number of nitrogens with zero attached hydrogens (tertiary/aromatic N) is 1. The van der Waals surface area contributed by atoms with Gasteiger partial charge in [0.1, 0.15) is 5.52 Å². The maximum Gasteiger partial charge on any atom is 0.198 e. The van der Waals surface area contributed by atoms with Crippen LogP contribution in [0.15, 0.2) is 22.6 Å². The van der Waals surface area contributed by atoms with Crippen molar-refractivity contribution in [2.24, 2.45) is 0 Å². The minimum absolute atomic E-state index is 0.557. The van der Waals surface area contributed by atoms with Crippen molar-refractivity contribution in [2.45, 2.75) is 44.9 Å². The number of benzene rings is 1. The summed E-state index contributed by atoms with van der Waals surface area (Å²) in [5.41, 5.74) is 3.19. The number of hydrogen-bond acceptors (Lipinski definition) is 2. The maximum absolute atomic E-state index is 5.88. The number of fused-ring (bicyclic) bond motifs is 1. The van der Waals surface area contributed by atoms with Gasteiger partial charge in [0.2, 0.25) is 0 Å². The molecule has 0 amide bonds. The van der Waals surface area contributed by atoms with Crippen LogP contribution in [0.3, 0.4) is 0 Å². The highest BCUT2D eigenvalue weighted by atomic mass is 16.3. The molecule has 3 rings (SSSR count). The van der Waals surface area contributed by atoms with Crippen molar-refractivity contribution in [1.29, 1.82) is 0 Å². The third kappa shape index (κ3) is 1.73. The van der Waals surface area contributed by atoms with E-state index in [1.807, 2.05) is 0 Å². The van der Waals surface area contributed by atoms with E-state index in [1.54, 1.807) is 0 Å². The Kier molecular flexibility index (Phi) is 2.43. The van der Waals surface area contributed by atoms with Gasteiger partial charge in [0, 0.05) is 5.92 Å². The highest BCUT2D eigenvalue weighted by Crippen LogP contribution is 2.33. The summed E-state index contributed by atoms with van der Waals surface area (Å²) in [6, 6.07) is 6.23. The molecule has 1 heterocycles. The first-order chi connectivity index (χ1) is 7.83. The SMILES string of the molecule is Cc1ccc2nc(C3CCCCC3)oc2c1. The second-order valence-corrected chi connectivity index (χ2v) is 4.86. The van der Waals surface area contributed by atoms with Crippen LogP contribution in [0.1, 0.15) is 49.5 Å². The molecule has 1 aliphatic rings. The standard InChI is InChI=1S/C14H17NO/c1-10-7-8-12-13(9-10)16-14(15-12)11-5-3-2-4-6-11/h7-9,11H,2-6H2,1H3. The molecule has 0 radical (unpaired) electrons. The van der Waals surface area contributed by atoms with Crippen LogP contribution in [0, 0.1) is 6.92 Å². The summed E-state index contributed by atoms with van der Waals surface area (Å²) in [6.45, 7) is 2.09. The molecule has 2 nitrogen and oxygen atoms in total. The average Bonchev–Trinajstić information content (AvgIpc) is 2.73. The quantitative estimate of drug-likeness (QED) is 0.713. The molecule has 0 N–H and O–H groups in total. The number of oxazole rings is 1. The molecule has 1 aliphatic carbocycles. The van der Waals surface area contributed by atoms with Crippen LogP contribution >= 0.6 is 0 Å². The van der Waals surface area contributed by atoms with E-state index in [0.717, 1.165) is 17.0 Å². The lowest BCUT2D eigenvalue weighted by atomic mass is 9.89. The lowest BCUT2D eigenvalue weighted by Crippen LogP contribution is -2.04. The first-order valence-electron chi connectivity index (χ1n) is 6.20. The van der Waals surface area contributed by atoms with E-state index in [1.165, 1.54) is 37.7 Å². The lowest BCUT2D eigenvalue weighted by molar-refractivity contribution is 0.373. The van der Waals surface area contributed by atoms with E-state index >= 15 is 0 Å². The highest BCUT2D eigenvalue weighted by molar-refractivity contribution is 5.73. The zero-order chi connectivity index (χ0) is 11.0. The molecule has 84 valence electrons.